The van der Waals surface area contributed by atoms with Crippen molar-refractivity contribution in [2.75, 3.05) is 19.0 Å². The molecule has 0 heterocycles. The van der Waals surface area contributed by atoms with E-state index in [-0.39, 0.29) is 0 Å². The molecule has 5 heteroatoms. The molecule has 2 rings (SSSR count). The van der Waals surface area contributed by atoms with Crippen LogP contribution in [0.2, 0.25) is 0 Å². The van der Waals surface area contributed by atoms with Gasteiger partial charge in [0.1, 0.15) is 0 Å². The first kappa shape index (κ1) is 15.5. The molecule has 0 aromatic heterocycles. The van der Waals surface area contributed by atoms with Gasteiger partial charge in [-0.1, -0.05) is 24.3 Å². The summed E-state index contributed by atoms with van der Waals surface area (Å²) < 4.78 is 22.8. The molecule has 0 saturated heterocycles. The van der Waals surface area contributed by atoms with Crippen molar-refractivity contribution >= 4 is 15.5 Å². The van der Waals surface area contributed by atoms with E-state index in [1.54, 1.807) is 12.1 Å². The number of anilines is 1. The van der Waals surface area contributed by atoms with E-state index >= 15 is 0 Å². The van der Waals surface area contributed by atoms with Crippen molar-refractivity contribution in [1.82, 2.24) is 4.90 Å². The van der Waals surface area contributed by atoms with Crippen molar-refractivity contribution < 1.29 is 8.42 Å². The third-order valence-electron chi connectivity index (χ3n) is 3.21. The van der Waals surface area contributed by atoms with Gasteiger partial charge in [0.05, 0.1) is 4.90 Å². The zero-order valence-electron chi connectivity index (χ0n) is 12.3. The molecule has 0 atom stereocenters. The third kappa shape index (κ3) is 4.58. The number of nitrogen functional groups attached to an aromatic ring is 1. The molecule has 112 valence electrons. The number of rotatable bonds is 5. The fourth-order valence-corrected chi connectivity index (χ4v) is 2.84. The van der Waals surface area contributed by atoms with Crippen LogP contribution in [-0.2, 0) is 22.9 Å². The molecule has 2 aromatic rings. The van der Waals surface area contributed by atoms with Crippen LogP contribution in [0.3, 0.4) is 0 Å². The highest BCUT2D eigenvalue weighted by molar-refractivity contribution is 7.90. The SMILES string of the molecule is CN(Cc1ccc(S(C)(=O)=O)cc1)Cc1cccc(N)c1. The minimum atomic E-state index is -3.13. The van der Waals surface area contributed by atoms with Crippen LogP contribution in [0.15, 0.2) is 53.4 Å². The van der Waals surface area contributed by atoms with Gasteiger partial charge < -0.3 is 5.73 Å². The van der Waals surface area contributed by atoms with Gasteiger partial charge in [0.2, 0.25) is 0 Å². The van der Waals surface area contributed by atoms with E-state index < -0.39 is 9.84 Å². The standard InChI is InChI=1S/C16H20N2O2S/c1-18(12-14-4-3-5-15(17)10-14)11-13-6-8-16(9-7-13)21(2,19)20/h3-10H,11-12,17H2,1-2H3. The number of benzene rings is 2. The predicted molar refractivity (Wildman–Crippen MR) is 85.6 cm³/mol. The molecule has 2 aromatic carbocycles. The minimum absolute atomic E-state index is 0.352. The summed E-state index contributed by atoms with van der Waals surface area (Å²) in [4.78, 5) is 2.51. The highest BCUT2D eigenvalue weighted by Crippen LogP contribution is 2.14. The molecule has 0 aliphatic heterocycles. The van der Waals surface area contributed by atoms with E-state index in [2.05, 4.69) is 4.90 Å². The van der Waals surface area contributed by atoms with Gasteiger partial charge in [0.15, 0.2) is 9.84 Å². The summed E-state index contributed by atoms with van der Waals surface area (Å²) >= 11 is 0. The van der Waals surface area contributed by atoms with E-state index in [1.807, 2.05) is 43.4 Å². The van der Waals surface area contributed by atoms with Crippen LogP contribution in [0, 0.1) is 0 Å². The van der Waals surface area contributed by atoms with Crippen molar-refractivity contribution in [2.45, 2.75) is 18.0 Å². The first-order valence-corrected chi connectivity index (χ1v) is 8.56. The number of nitrogens with zero attached hydrogens (tertiary/aromatic N) is 1. The second kappa shape index (κ2) is 6.28. The van der Waals surface area contributed by atoms with E-state index in [0.29, 0.717) is 4.90 Å². The Labute approximate surface area is 126 Å². The molecule has 0 unspecified atom stereocenters. The summed E-state index contributed by atoms with van der Waals surface area (Å²) in [5.41, 5.74) is 8.77. The van der Waals surface area contributed by atoms with Gasteiger partial charge in [-0.2, -0.15) is 0 Å². The Morgan fingerprint density at radius 1 is 1.00 bits per heavy atom. The van der Waals surface area contributed by atoms with Gasteiger partial charge >= 0.3 is 0 Å². The fourth-order valence-electron chi connectivity index (χ4n) is 2.21. The maximum absolute atomic E-state index is 11.4. The summed E-state index contributed by atoms with van der Waals surface area (Å²) in [6.45, 7) is 1.54. The normalized spacial score (nSPS) is 11.8. The van der Waals surface area contributed by atoms with Crippen molar-refractivity contribution in [3.05, 3.63) is 59.7 Å². The molecule has 2 N–H and O–H groups in total. The monoisotopic (exact) mass is 304 g/mol. The van der Waals surface area contributed by atoms with Crippen molar-refractivity contribution in [3.8, 4) is 0 Å². The Morgan fingerprint density at radius 2 is 1.62 bits per heavy atom. The predicted octanol–water partition coefficient (Wildman–Crippen LogP) is 2.30. The average Bonchev–Trinajstić information content (AvgIpc) is 2.38. The van der Waals surface area contributed by atoms with E-state index in [4.69, 9.17) is 5.73 Å². The molecule has 0 aliphatic carbocycles. The minimum Gasteiger partial charge on any atom is -0.399 e. The molecule has 21 heavy (non-hydrogen) atoms. The maximum atomic E-state index is 11.4. The number of nitrogens with two attached hydrogens (primary N) is 1. The van der Waals surface area contributed by atoms with Crippen LogP contribution in [0.25, 0.3) is 0 Å². The smallest absolute Gasteiger partial charge is 0.175 e. The summed E-state index contributed by atoms with van der Waals surface area (Å²) in [6, 6.07) is 14.8. The lowest BCUT2D eigenvalue weighted by molar-refractivity contribution is 0.319. The summed E-state index contributed by atoms with van der Waals surface area (Å²) in [5.74, 6) is 0. The van der Waals surface area contributed by atoms with Crippen molar-refractivity contribution in [2.24, 2.45) is 0 Å². The molecule has 0 amide bonds. The number of hydrogen-bond acceptors (Lipinski definition) is 4. The van der Waals surface area contributed by atoms with Crippen LogP contribution in [0.5, 0.6) is 0 Å². The molecule has 0 fully saturated rings. The van der Waals surface area contributed by atoms with E-state index in [9.17, 15) is 8.42 Å². The maximum Gasteiger partial charge on any atom is 0.175 e. The molecule has 0 spiro atoms. The molecular formula is C16H20N2O2S. The lowest BCUT2D eigenvalue weighted by atomic mass is 10.1. The lowest BCUT2D eigenvalue weighted by Gasteiger charge is -2.17. The third-order valence-corrected chi connectivity index (χ3v) is 4.34. The van der Waals surface area contributed by atoms with Crippen molar-refractivity contribution in [1.29, 1.82) is 0 Å². The van der Waals surface area contributed by atoms with Crippen LogP contribution >= 0.6 is 0 Å². The fraction of sp³-hybridized carbons (Fsp3) is 0.250. The highest BCUT2D eigenvalue weighted by Gasteiger charge is 2.07. The Kier molecular flexibility index (Phi) is 4.65. The van der Waals surface area contributed by atoms with E-state index in [0.717, 1.165) is 29.9 Å². The summed E-state index contributed by atoms with van der Waals surface area (Å²) in [6.07, 6.45) is 1.22. The van der Waals surface area contributed by atoms with Gasteiger partial charge in [-0.05, 0) is 42.4 Å². The van der Waals surface area contributed by atoms with E-state index in [1.165, 1.54) is 6.26 Å². The molecule has 0 radical (unpaired) electrons. The van der Waals surface area contributed by atoms with Crippen LogP contribution < -0.4 is 5.73 Å². The van der Waals surface area contributed by atoms with Gasteiger partial charge in [0.25, 0.3) is 0 Å². The first-order valence-electron chi connectivity index (χ1n) is 6.66. The molecule has 0 aliphatic rings. The first-order chi connectivity index (χ1) is 9.84. The number of sulfone groups is 1. The van der Waals surface area contributed by atoms with Gasteiger partial charge in [-0.15, -0.1) is 0 Å². The van der Waals surface area contributed by atoms with Gasteiger partial charge in [-0.3, -0.25) is 4.90 Å². The molecule has 0 bridgehead atoms. The zero-order valence-corrected chi connectivity index (χ0v) is 13.1. The molecular weight excluding hydrogens is 284 g/mol. The van der Waals surface area contributed by atoms with Gasteiger partial charge in [-0.25, -0.2) is 8.42 Å². The molecule has 4 nitrogen and oxygen atoms in total. The highest BCUT2D eigenvalue weighted by atomic mass is 32.2. The van der Waals surface area contributed by atoms with Crippen molar-refractivity contribution in [3.63, 3.8) is 0 Å². The van der Waals surface area contributed by atoms with Crippen LogP contribution in [0.4, 0.5) is 5.69 Å². The lowest BCUT2D eigenvalue weighted by Crippen LogP contribution is -2.17. The Morgan fingerprint density at radius 3 is 2.19 bits per heavy atom. The zero-order chi connectivity index (χ0) is 15.5. The quantitative estimate of drug-likeness (QED) is 0.861. The summed E-state index contributed by atoms with van der Waals surface area (Å²) in [7, 11) is -1.11. The largest absolute Gasteiger partial charge is 0.399 e. The Balaban J connectivity index is 2.01. The second-order valence-electron chi connectivity index (χ2n) is 5.33. The second-order valence-corrected chi connectivity index (χ2v) is 7.35. The molecule has 0 saturated carbocycles. The Bertz CT molecular complexity index is 709. The average molecular weight is 304 g/mol. The number of hydrogen-bond donors (Lipinski definition) is 1. The topological polar surface area (TPSA) is 63.4 Å². The van der Waals surface area contributed by atoms with Crippen LogP contribution in [0.1, 0.15) is 11.1 Å². The summed E-state index contributed by atoms with van der Waals surface area (Å²) in [5, 5.41) is 0. The van der Waals surface area contributed by atoms with Gasteiger partial charge in [0, 0.05) is 25.0 Å². The Hall–Kier alpha value is -1.85. The van der Waals surface area contributed by atoms with Crippen LogP contribution in [-0.4, -0.2) is 26.6 Å².